The summed E-state index contributed by atoms with van der Waals surface area (Å²) in [4.78, 5) is 46.5. The molecular formula is C11H13NO6. The van der Waals surface area contributed by atoms with Crippen LogP contribution in [-0.4, -0.2) is 42.4 Å². The molecule has 1 rings (SSSR count). The number of nitrogens with zero attached hydrogens (tertiary/aromatic N) is 1. The summed E-state index contributed by atoms with van der Waals surface area (Å²) in [7, 11) is 1.12. The van der Waals surface area contributed by atoms with Crippen LogP contribution in [0.1, 0.15) is 19.8 Å². The van der Waals surface area contributed by atoms with Gasteiger partial charge in [-0.1, -0.05) is 0 Å². The smallest absolute Gasteiger partial charge is 0.355 e. The Morgan fingerprint density at radius 2 is 1.83 bits per heavy atom. The molecule has 18 heavy (non-hydrogen) atoms. The van der Waals surface area contributed by atoms with Gasteiger partial charge in [0.1, 0.15) is 5.70 Å². The number of hydrogen-bond donors (Lipinski definition) is 0. The second-order valence-corrected chi connectivity index (χ2v) is 3.40. The molecule has 1 aliphatic rings. The minimum absolute atomic E-state index is 0.0107. The van der Waals surface area contributed by atoms with Gasteiger partial charge in [-0.3, -0.25) is 9.59 Å². The van der Waals surface area contributed by atoms with Crippen LogP contribution >= 0.6 is 0 Å². The Morgan fingerprint density at radius 3 is 2.28 bits per heavy atom. The van der Waals surface area contributed by atoms with Crippen molar-refractivity contribution in [2.45, 2.75) is 19.8 Å². The number of esters is 2. The topological polar surface area (TPSA) is 90.0 Å². The summed E-state index contributed by atoms with van der Waals surface area (Å²) in [5.74, 6) is -2.83. The number of amides is 2. The first kappa shape index (κ1) is 13.9. The fourth-order valence-corrected chi connectivity index (χ4v) is 1.44. The van der Waals surface area contributed by atoms with Crippen LogP contribution < -0.4 is 0 Å². The number of ether oxygens (including phenoxy) is 2. The highest BCUT2D eigenvalue weighted by molar-refractivity contribution is 6.10. The average molecular weight is 255 g/mol. The second-order valence-electron chi connectivity index (χ2n) is 3.40. The quantitative estimate of drug-likeness (QED) is 0.391. The highest BCUT2D eigenvalue weighted by atomic mass is 16.5. The van der Waals surface area contributed by atoms with Crippen molar-refractivity contribution in [2.24, 2.45) is 0 Å². The Balaban J connectivity index is 3.08. The van der Waals surface area contributed by atoms with Gasteiger partial charge >= 0.3 is 11.9 Å². The standard InChI is InChI=1S/C11H13NO6/c1-3-18-11(16)7(6-10(15)17-2)12-8(13)4-5-9(12)14/h6H,3-5H2,1-2H3/b7-6-. The summed E-state index contributed by atoms with van der Waals surface area (Å²) in [6, 6.07) is 0. The predicted octanol–water partition coefficient (Wildman–Crippen LogP) is -0.245. The molecule has 1 fully saturated rings. The number of likely N-dealkylation sites (tertiary alicyclic amines) is 1. The van der Waals surface area contributed by atoms with Gasteiger partial charge in [-0.15, -0.1) is 0 Å². The third-order valence-electron chi connectivity index (χ3n) is 2.23. The van der Waals surface area contributed by atoms with Gasteiger partial charge < -0.3 is 9.47 Å². The monoisotopic (exact) mass is 255 g/mol. The zero-order valence-electron chi connectivity index (χ0n) is 10.1. The third kappa shape index (κ3) is 2.93. The minimum Gasteiger partial charge on any atom is -0.466 e. The Morgan fingerprint density at radius 1 is 1.28 bits per heavy atom. The van der Waals surface area contributed by atoms with E-state index in [0.717, 1.165) is 13.2 Å². The number of imide groups is 1. The molecule has 0 aliphatic carbocycles. The van der Waals surface area contributed by atoms with E-state index in [4.69, 9.17) is 4.74 Å². The van der Waals surface area contributed by atoms with Gasteiger partial charge in [0, 0.05) is 12.8 Å². The van der Waals surface area contributed by atoms with E-state index in [2.05, 4.69) is 4.74 Å². The maximum atomic E-state index is 11.6. The van der Waals surface area contributed by atoms with Crippen molar-refractivity contribution < 1.29 is 28.7 Å². The van der Waals surface area contributed by atoms with E-state index in [0.29, 0.717) is 4.90 Å². The summed E-state index contributed by atoms with van der Waals surface area (Å²) in [5.41, 5.74) is -0.406. The SMILES string of the molecule is CCOC(=O)/C(=C/C(=O)OC)N1C(=O)CCC1=O. The first-order chi connectivity index (χ1) is 8.51. The summed E-state index contributed by atoms with van der Waals surface area (Å²) in [6.07, 6.45) is 0.798. The highest BCUT2D eigenvalue weighted by Gasteiger charge is 2.36. The van der Waals surface area contributed by atoms with E-state index in [1.807, 2.05) is 0 Å². The normalized spacial score (nSPS) is 15.9. The molecule has 1 heterocycles. The lowest BCUT2D eigenvalue weighted by Gasteiger charge is -2.15. The van der Waals surface area contributed by atoms with Crippen molar-refractivity contribution >= 4 is 23.8 Å². The Hall–Kier alpha value is -2.18. The average Bonchev–Trinajstić information content (AvgIpc) is 2.66. The zero-order chi connectivity index (χ0) is 13.7. The molecule has 0 atom stereocenters. The molecule has 1 saturated heterocycles. The number of carbonyl (C=O) groups excluding carboxylic acids is 4. The maximum Gasteiger partial charge on any atom is 0.355 e. The fraction of sp³-hybridized carbons (Fsp3) is 0.455. The lowest BCUT2D eigenvalue weighted by Crippen LogP contribution is -2.33. The van der Waals surface area contributed by atoms with Crippen LogP contribution in [0, 0.1) is 0 Å². The van der Waals surface area contributed by atoms with Crippen molar-refractivity contribution in [3.63, 3.8) is 0 Å². The molecule has 1 aliphatic heterocycles. The van der Waals surface area contributed by atoms with Crippen molar-refractivity contribution in [1.82, 2.24) is 4.90 Å². The van der Waals surface area contributed by atoms with Gasteiger partial charge in [-0.25, -0.2) is 14.5 Å². The van der Waals surface area contributed by atoms with Crippen LogP contribution in [0.5, 0.6) is 0 Å². The fourth-order valence-electron chi connectivity index (χ4n) is 1.44. The molecule has 98 valence electrons. The molecule has 0 saturated carbocycles. The van der Waals surface area contributed by atoms with Crippen LogP contribution in [0.3, 0.4) is 0 Å². The Labute approximate surface area is 103 Å². The first-order valence-corrected chi connectivity index (χ1v) is 5.33. The van der Waals surface area contributed by atoms with E-state index in [9.17, 15) is 19.2 Å². The van der Waals surface area contributed by atoms with Crippen molar-refractivity contribution in [3.8, 4) is 0 Å². The lowest BCUT2D eigenvalue weighted by molar-refractivity contribution is -0.147. The molecule has 0 radical (unpaired) electrons. The van der Waals surface area contributed by atoms with E-state index in [1.54, 1.807) is 6.92 Å². The number of hydrogen-bond acceptors (Lipinski definition) is 6. The van der Waals surface area contributed by atoms with Crippen LogP contribution in [0.15, 0.2) is 11.8 Å². The maximum absolute atomic E-state index is 11.6. The van der Waals surface area contributed by atoms with Crippen LogP contribution in [0.4, 0.5) is 0 Å². The van der Waals surface area contributed by atoms with E-state index in [1.165, 1.54) is 0 Å². The molecule has 0 unspecified atom stereocenters. The summed E-state index contributed by atoms with van der Waals surface area (Å²) in [5, 5.41) is 0. The summed E-state index contributed by atoms with van der Waals surface area (Å²) < 4.78 is 9.06. The number of methoxy groups -OCH3 is 1. The van der Waals surface area contributed by atoms with Gasteiger partial charge in [0.25, 0.3) is 0 Å². The Bertz CT molecular complexity index is 409. The molecular weight excluding hydrogens is 242 g/mol. The van der Waals surface area contributed by atoms with Crippen LogP contribution in [0.2, 0.25) is 0 Å². The van der Waals surface area contributed by atoms with Crippen molar-refractivity contribution in [1.29, 1.82) is 0 Å². The van der Waals surface area contributed by atoms with Gasteiger partial charge in [0.05, 0.1) is 19.8 Å². The Kier molecular flexibility index (Phi) is 4.59. The first-order valence-electron chi connectivity index (χ1n) is 5.33. The van der Waals surface area contributed by atoms with Gasteiger partial charge in [0.2, 0.25) is 11.8 Å². The van der Waals surface area contributed by atoms with Gasteiger partial charge in [-0.2, -0.15) is 0 Å². The zero-order valence-corrected chi connectivity index (χ0v) is 10.1. The van der Waals surface area contributed by atoms with Crippen LogP contribution in [0.25, 0.3) is 0 Å². The lowest BCUT2D eigenvalue weighted by atomic mass is 10.3. The molecule has 2 amide bonds. The second kappa shape index (κ2) is 5.95. The summed E-state index contributed by atoms with van der Waals surface area (Å²) >= 11 is 0. The predicted molar refractivity (Wildman–Crippen MR) is 57.8 cm³/mol. The number of carbonyl (C=O) groups is 4. The van der Waals surface area contributed by atoms with Gasteiger partial charge in [-0.05, 0) is 6.92 Å². The van der Waals surface area contributed by atoms with Crippen molar-refractivity contribution in [3.05, 3.63) is 11.8 Å². The number of rotatable bonds is 4. The molecule has 0 bridgehead atoms. The minimum atomic E-state index is -0.911. The van der Waals surface area contributed by atoms with Crippen molar-refractivity contribution in [2.75, 3.05) is 13.7 Å². The van der Waals surface area contributed by atoms with E-state index in [-0.39, 0.29) is 19.4 Å². The third-order valence-corrected chi connectivity index (χ3v) is 2.23. The molecule has 0 spiro atoms. The molecule has 7 heteroatoms. The molecule has 0 aromatic heterocycles. The summed E-state index contributed by atoms with van der Waals surface area (Å²) in [6.45, 7) is 1.63. The van der Waals surface area contributed by atoms with E-state index < -0.39 is 29.5 Å². The van der Waals surface area contributed by atoms with E-state index >= 15 is 0 Å². The molecule has 0 aromatic carbocycles. The highest BCUT2D eigenvalue weighted by Crippen LogP contribution is 2.19. The molecule has 7 nitrogen and oxygen atoms in total. The molecule has 0 N–H and O–H groups in total. The molecule has 0 aromatic rings. The largest absolute Gasteiger partial charge is 0.466 e. The van der Waals surface area contributed by atoms with Crippen LogP contribution in [-0.2, 0) is 28.7 Å². The van der Waals surface area contributed by atoms with Gasteiger partial charge in [0.15, 0.2) is 0 Å².